The van der Waals surface area contributed by atoms with E-state index < -0.39 is 0 Å². The third-order valence-corrected chi connectivity index (χ3v) is 1.14. The van der Waals surface area contributed by atoms with Gasteiger partial charge in [0.15, 0.2) is 0 Å². The highest BCUT2D eigenvalue weighted by atomic mass is 35.5. The molecular weight excluding hydrogens is 136 g/mol. The molecule has 0 aliphatic carbocycles. The number of rotatable bonds is 5. The Labute approximate surface area is 60.6 Å². The average molecular weight is 147 g/mol. The molecule has 0 heterocycles. The fourth-order valence-electron chi connectivity index (χ4n) is 0.531. The second-order valence-electron chi connectivity index (χ2n) is 1.77. The van der Waals surface area contributed by atoms with E-state index in [2.05, 4.69) is 4.51 Å². The van der Waals surface area contributed by atoms with Crippen LogP contribution in [0.15, 0.2) is 4.51 Å². The van der Waals surface area contributed by atoms with Crippen molar-refractivity contribution < 1.29 is 0 Å². The van der Waals surface area contributed by atoms with Crippen LogP contribution < -0.4 is 0 Å². The van der Waals surface area contributed by atoms with Crippen molar-refractivity contribution in [3.05, 3.63) is 0 Å². The first-order valence-corrected chi connectivity index (χ1v) is 3.37. The van der Waals surface area contributed by atoms with Crippen molar-refractivity contribution >= 4 is 24.2 Å². The quantitative estimate of drug-likeness (QED) is 0.457. The molecule has 0 fully saturated rings. The highest BCUT2D eigenvalue weighted by Gasteiger charge is 1.82. The second kappa shape index (κ2) is 7.63. The molecule has 0 atom stereocenters. The van der Waals surface area contributed by atoms with E-state index in [9.17, 15) is 0 Å². The van der Waals surface area contributed by atoms with E-state index >= 15 is 0 Å². The van der Waals surface area contributed by atoms with Crippen LogP contribution in [0.5, 0.6) is 0 Å². The van der Waals surface area contributed by atoms with Gasteiger partial charge in [0.05, 0.1) is 0 Å². The topological polar surface area (TPSA) is 36.2 Å². The van der Waals surface area contributed by atoms with Crippen molar-refractivity contribution in [2.45, 2.75) is 25.7 Å². The summed E-state index contributed by atoms with van der Waals surface area (Å²) in [5.41, 5.74) is 0. The molecule has 2 nitrogen and oxygen atoms in total. The minimum atomic E-state index is 0.871. The van der Waals surface area contributed by atoms with Crippen LogP contribution in [0, 0.1) is 5.41 Å². The number of halogens is 1. The summed E-state index contributed by atoms with van der Waals surface area (Å²) in [5.74, 6) is 0. The van der Waals surface area contributed by atoms with Crippen LogP contribution in [0.3, 0.4) is 0 Å². The third-order valence-electron chi connectivity index (χ3n) is 1.00. The Morgan fingerprint density at radius 3 is 2.56 bits per heavy atom. The summed E-state index contributed by atoms with van der Waals surface area (Å²) in [6.07, 6.45) is 7.05. The summed E-state index contributed by atoms with van der Waals surface area (Å²) < 4.78 is 3.32. The molecule has 3 heteroatoms. The highest BCUT2D eigenvalue weighted by Crippen LogP contribution is 1.95. The van der Waals surface area contributed by atoms with Gasteiger partial charge < -0.3 is 5.41 Å². The summed E-state index contributed by atoms with van der Waals surface area (Å²) in [4.78, 5) is 0. The Balaban J connectivity index is 2.82. The fourth-order valence-corrected chi connectivity index (χ4v) is 0.628. The maximum Gasteiger partial charge on any atom is 0.0361 e. The molecule has 1 N–H and O–H groups in total. The lowest BCUT2D eigenvalue weighted by molar-refractivity contribution is 0.806. The van der Waals surface area contributed by atoms with Crippen LogP contribution in [0.4, 0.5) is 0 Å². The molecular formula is C6H11ClN2. The molecule has 0 saturated heterocycles. The van der Waals surface area contributed by atoms with Crippen LogP contribution in [0.2, 0.25) is 0 Å². The molecule has 9 heavy (non-hydrogen) atoms. The van der Waals surface area contributed by atoms with E-state index in [4.69, 9.17) is 17.2 Å². The Kier molecular flexibility index (Phi) is 7.32. The van der Waals surface area contributed by atoms with Gasteiger partial charge in [-0.2, -0.15) is 4.51 Å². The minimum absolute atomic E-state index is 0.871. The number of unbranched alkanes of at least 4 members (excludes halogenated alkanes) is 3. The number of nitrogens with one attached hydrogen (secondary N) is 1. The molecule has 0 aliphatic heterocycles. The Hall–Kier alpha value is -0.370. The predicted molar refractivity (Wildman–Crippen MR) is 41.6 cm³/mol. The number of nitrogens with zero attached hydrogens (tertiary/aromatic N) is 1. The fraction of sp³-hybridized carbons (Fsp3) is 0.667. The molecule has 0 radical (unpaired) electrons. The summed E-state index contributed by atoms with van der Waals surface area (Å²) >= 11 is 5.04. The lowest BCUT2D eigenvalue weighted by Crippen LogP contribution is -1.77. The molecule has 0 aromatic carbocycles. The van der Waals surface area contributed by atoms with Gasteiger partial charge in [0, 0.05) is 18.0 Å². The van der Waals surface area contributed by atoms with Crippen LogP contribution >= 0.6 is 11.8 Å². The van der Waals surface area contributed by atoms with Crippen molar-refractivity contribution in [2.24, 2.45) is 4.51 Å². The van der Waals surface area contributed by atoms with Gasteiger partial charge in [-0.3, -0.25) is 0 Å². The molecule has 0 aromatic rings. The van der Waals surface area contributed by atoms with Crippen LogP contribution in [0.1, 0.15) is 25.7 Å². The molecule has 0 rings (SSSR count). The zero-order valence-electron chi connectivity index (χ0n) is 5.31. The van der Waals surface area contributed by atoms with Crippen molar-refractivity contribution in [1.82, 2.24) is 0 Å². The summed E-state index contributed by atoms with van der Waals surface area (Å²) in [6, 6.07) is 0. The normalized spacial score (nSPS) is 10.3. The van der Waals surface area contributed by atoms with Gasteiger partial charge in [0.2, 0.25) is 0 Å². The summed E-state index contributed by atoms with van der Waals surface area (Å²) in [6.45, 7) is 0. The van der Waals surface area contributed by atoms with Gasteiger partial charge >= 0.3 is 0 Å². The molecule has 0 spiro atoms. The molecule has 0 unspecified atom stereocenters. The first-order chi connectivity index (χ1) is 4.41. The lowest BCUT2D eigenvalue weighted by atomic mass is 10.2. The average Bonchev–Trinajstić information content (AvgIpc) is 1.89. The zero-order chi connectivity index (χ0) is 6.95. The lowest BCUT2D eigenvalue weighted by Gasteiger charge is -1.88. The molecule has 0 saturated carbocycles. The largest absolute Gasteiger partial charge is 0.313 e. The van der Waals surface area contributed by atoms with Gasteiger partial charge in [0.1, 0.15) is 0 Å². The van der Waals surface area contributed by atoms with E-state index in [0.29, 0.717) is 0 Å². The van der Waals surface area contributed by atoms with Gasteiger partial charge in [0.25, 0.3) is 0 Å². The predicted octanol–water partition coefficient (Wildman–Crippen LogP) is 2.42. The van der Waals surface area contributed by atoms with Gasteiger partial charge in [-0.15, -0.1) is 0 Å². The molecule has 0 amide bonds. The van der Waals surface area contributed by atoms with Gasteiger partial charge in [-0.1, -0.05) is 0 Å². The molecule has 0 bridgehead atoms. The summed E-state index contributed by atoms with van der Waals surface area (Å²) in [7, 11) is 0. The van der Waals surface area contributed by atoms with Crippen LogP contribution in [-0.4, -0.2) is 12.4 Å². The first kappa shape index (κ1) is 8.63. The maximum absolute atomic E-state index is 6.70. The van der Waals surface area contributed by atoms with E-state index in [1.54, 1.807) is 6.21 Å². The smallest absolute Gasteiger partial charge is 0.0361 e. The van der Waals surface area contributed by atoms with E-state index in [1.165, 1.54) is 6.21 Å². The molecule has 0 aliphatic rings. The van der Waals surface area contributed by atoms with Crippen LogP contribution in [0.25, 0.3) is 0 Å². The number of hydrogen-bond donors (Lipinski definition) is 1. The highest BCUT2D eigenvalue weighted by molar-refractivity contribution is 6.17. The monoisotopic (exact) mass is 146 g/mol. The maximum atomic E-state index is 6.70. The minimum Gasteiger partial charge on any atom is -0.313 e. The second-order valence-corrected chi connectivity index (χ2v) is 1.96. The van der Waals surface area contributed by atoms with Crippen molar-refractivity contribution in [3.8, 4) is 0 Å². The standard InChI is InChI=1S/C6H11ClN2/c7-9-6-4-2-1-3-5-8/h5-6,8H,1-4H2/b8-5?,9-6+. The Bertz CT molecular complexity index is 91.1. The molecule has 0 aromatic heterocycles. The van der Waals surface area contributed by atoms with E-state index in [1.807, 2.05) is 0 Å². The SMILES string of the molecule is N=CCCCC/C=N/Cl. The van der Waals surface area contributed by atoms with Crippen molar-refractivity contribution in [2.75, 3.05) is 0 Å². The Morgan fingerprint density at radius 1 is 1.33 bits per heavy atom. The summed E-state index contributed by atoms with van der Waals surface area (Å²) in [5, 5.41) is 6.70. The molecule has 52 valence electrons. The van der Waals surface area contributed by atoms with Crippen molar-refractivity contribution in [3.63, 3.8) is 0 Å². The van der Waals surface area contributed by atoms with E-state index in [-0.39, 0.29) is 0 Å². The van der Waals surface area contributed by atoms with E-state index in [0.717, 1.165) is 25.7 Å². The van der Waals surface area contributed by atoms with Crippen molar-refractivity contribution in [1.29, 1.82) is 5.41 Å². The third kappa shape index (κ3) is 7.63. The number of hydrogen-bond acceptors (Lipinski definition) is 2. The van der Waals surface area contributed by atoms with Gasteiger partial charge in [-0.05, 0) is 31.9 Å². The Morgan fingerprint density at radius 2 is 2.00 bits per heavy atom. The zero-order valence-corrected chi connectivity index (χ0v) is 6.06. The first-order valence-electron chi connectivity index (χ1n) is 3.03. The van der Waals surface area contributed by atoms with Gasteiger partial charge in [-0.25, -0.2) is 0 Å². The van der Waals surface area contributed by atoms with Crippen LogP contribution in [-0.2, 0) is 0 Å².